The summed E-state index contributed by atoms with van der Waals surface area (Å²) in [6.07, 6.45) is 0. The van der Waals surface area contributed by atoms with E-state index in [-0.39, 0.29) is 10.6 Å². The average molecular weight is 237 g/mol. The minimum atomic E-state index is -0.484. The first-order valence-electron chi connectivity index (χ1n) is 4.67. The van der Waals surface area contributed by atoms with Crippen LogP contribution in [0.3, 0.4) is 0 Å². The van der Waals surface area contributed by atoms with Gasteiger partial charge < -0.3 is 0 Å². The standard InChI is InChI=1S/C11H9ClN2O2/c1-7-2-4-8(5-3-7)14-10(15)6-9(12)11(16)13-14/h2-6H,1H3,(H,13,16). The highest BCUT2D eigenvalue weighted by Crippen LogP contribution is 2.05. The van der Waals surface area contributed by atoms with E-state index in [0.29, 0.717) is 5.69 Å². The van der Waals surface area contributed by atoms with E-state index >= 15 is 0 Å². The summed E-state index contributed by atoms with van der Waals surface area (Å²) < 4.78 is 1.16. The molecule has 0 radical (unpaired) electrons. The van der Waals surface area contributed by atoms with E-state index < -0.39 is 5.56 Å². The number of aryl methyl sites for hydroxylation is 1. The van der Waals surface area contributed by atoms with E-state index in [1.165, 1.54) is 0 Å². The van der Waals surface area contributed by atoms with Crippen molar-refractivity contribution in [2.75, 3.05) is 0 Å². The number of halogens is 1. The van der Waals surface area contributed by atoms with Crippen molar-refractivity contribution in [3.8, 4) is 5.69 Å². The molecule has 0 aliphatic rings. The van der Waals surface area contributed by atoms with Gasteiger partial charge in [-0.25, -0.2) is 4.68 Å². The number of hydrogen-bond donors (Lipinski definition) is 1. The van der Waals surface area contributed by atoms with Gasteiger partial charge in [-0.3, -0.25) is 14.7 Å². The molecule has 0 bridgehead atoms. The molecule has 0 spiro atoms. The molecule has 0 saturated carbocycles. The summed E-state index contributed by atoms with van der Waals surface area (Å²) in [4.78, 5) is 22.9. The number of hydrogen-bond acceptors (Lipinski definition) is 2. The van der Waals surface area contributed by atoms with Gasteiger partial charge in [-0.15, -0.1) is 0 Å². The maximum Gasteiger partial charge on any atom is 0.281 e. The van der Waals surface area contributed by atoms with Gasteiger partial charge in [0, 0.05) is 6.07 Å². The highest BCUT2D eigenvalue weighted by Gasteiger charge is 2.03. The van der Waals surface area contributed by atoms with Crippen LogP contribution in [0.4, 0.5) is 0 Å². The fraction of sp³-hybridized carbons (Fsp3) is 0.0909. The third kappa shape index (κ3) is 1.92. The Kier molecular flexibility index (Phi) is 2.66. The van der Waals surface area contributed by atoms with Crippen LogP contribution in [0.1, 0.15) is 5.56 Å². The van der Waals surface area contributed by atoms with Crippen LogP contribution in [0.5, 0.6) is 0 Å². The molecule has 1 N–H and O–H groups in total. The minimum absolute atomic E-state index is 0.103. The lowest BCUT2D eigenvalue weighted by molar-refractivity contribution is 0.786. The zero-order valence-electron chi connectivity index (χ0n) is 8.53. The van der Waals surface area contributed by atoms with Gasteiger partial charge in [-0.1, -0.05) is 29.3 Å². The summed E-state index contributed by atoms with van der Waals surface area (Å²) in [7, 11) is 0. The Bertz CT molecular complexity index is 626. The first-order chi connectivity index (χ1) is 7.58. The number of rotatable bonds is 1. The Balaban J connectivity index is 2.65. The Morgan fingerprint density at radius 3 is 2.44 bits per heavy atom. The van der Waals surface area contributed by atoms with Crippen LogP contribution in [-0.4, -0.2) is 9.78 Å². The van der Waals surface area contributed by atoms with E-state index in [4.69, 9.17) is 11.6 Å². The molecule has 2 aromatic rings. The predicted molar refractivity (Wildman–Crippen MR) is 62.4 cm³/mol. The zero-order chi connectivity index (χ0) is 11.7. The maximum absolute atomic E-state index is 11.6. The molecule has 1 heterocycles. The van der Waals surface area contributed by atoms with Crippen LogP contribution in [-0.2, 0) is 0 Å². The number of benzene rings is 1. The smallest absolute Gasteiger partial charge is 0.267 e. The van der Waals surface area contributed by atoms with Crippen molar-refractivity contribution in [2.45, 2.75) is 6.92 Å². The van der Waals surface area contributed by atoms with Crippen molar-refractivity contribution < 1.29 is 0 Å². The molecular weight excluding hydrogens is 228 g/mol. The topological polar surface area (TPSA) is 54.9 Å². The second-order valence-electron chi connectivity index (χ2n) is 3.44. The van der Waals surface area contributed by atoms with Gasteiger partial charge in [0.25, 0.3) is 11.1 Å². The van der Waals surface area contributed by atoms with Gasteiger partial charge in [0.05, 0.1) is 5.69 Å². The molecule has 2 rings (SSSR count). The Labute approximate surface area is 96.1 Å². The van der Waals surface area contributed by atoms with Crippen LogP contribution in [0, 0.1) is 6.92 Å². The van der Waals surface area contributed by atoms with E-state index in [1.54, 1.807) is 12.1 Å². The Morgan fingerprint density at radius 2 is 1.81 bits per heavy atom. The average Bonchev–Trinajstić information content (AvgIpc) is 2.25. The third-order valence-corrected chi connectivity index (χ3v) is 2.47. The molecule has 0 fully saturated rings. The van der Waals surface area contributed by atoms with E-state index in [1.807, 2.05) is 19.1 Å². The monoisotopic (exact) mass is 236 g/mol. The number of aromatic nitrogens is 2. The van der Waals surface area contributed by atoms with E-state index in [2.05, 4.69) is 5.10 Å². The van der Waals surface area contributed by atoms with Crippen molar-refractivity contribution in [3.63, 3.8) is 0 Å². The summed E-state index contributed by atoms with van der Waals surface area (Å²) in [5.74, 6) is 0. The van der Waals surface area contributed by atoms with Crippen LogP contribution < -0.4 is 11.1 Å². The molecule has 0 saturated heterocycles. The number of H-pyrrole nitrogens is 1. The molecule has 0 atom stereocenters. The third-order valence-electron chi connectivity index (χ3n) is 2.19. The molecular formula is C11H9ClN2O2. The fourth-order valence-corrected chi connectivity index (χ4v) is 1.47. The van der Waals surface area contributed by atoms with Gasteiger partial charge in [-0.05, 0) is 19.1 Å². The maximum atomic E-state index is 11.6. The van der Waals surface area contributed by atoms with Gasteiger partial charge in [0.2, 0.25) is 0 Å². The van der Waals surface area contributed by atoms with Crippen molar-refractivity contribution in [1.82, 2.24) is 9.78 Å². The number of aromatic amines is 1. The molecule has 0 aliphatic heterocycles. The van der Waals surface area contributed by atoms with E-state index in [0.717, 1.165) is 16.3 Å². The molecule has 1 aromatic carbocycles. The summed E-state index contributed by atoms with van der Waals surface area (Å²) in [5, 5.41) is 2.29. The van der Waals surface area contributed by atoms with Crippen molar-refractivity contribution >= 4 is 11.6 Å². The van der Waals surface area contributed by atoms with Crippen LogP contribution in [0.25, 0.3) is 5.69 Å². The highest BCUT2D eigenvalue weighted by atomic mass is 35.5. The molecule has 0 aliphatic carbocycles. The summed E-state index contributed by atoms with van der Waals surface area (Å²) in [6.45, 7) is 1.94. The zero-order valence-corrected chi connectivity index (χ0v) is 9.28. The lowest BCUT2D eigenvalue weighted by atomic mass is 10.2. The molecule has 82 valence electrons. The molecule has 16 heavy (non-hydrogen) atoms. The van der Waals surface area contributed by atoms with Crippen molar-refractivity contribution in [2.24, 2.45) is 0 Å². The molecule has 0 amide bonds. The van der Waals surface area contributed by atoms with Gasteiger partial charge >= 0.3 is 0 Å². The predicted octanol–water partition coefficient (Wildman–Crippen LogP) is 1.49. The van der Waals surface area contributed by atoms with Crippen LogP contribution in [0.2, 0.25) is 5.02 Å². The normalized spacial score (nSPS) is 10.4. The highest BCUT2D eigenvalue weighted by molar-refractivity contribution is 6.30. The Morgan fingerprint density at radius 1 is 1.19 bits per heavy atom. The number of nitrogens with zero attached hydrogens (tertiary/aromatic N) is 1. The van der Waals surface area contributed by atoms with Gasteiger partial charge in [-0.2, -0.15) is 0 Å². The molecule has 5 heteroatoms. The first kappa shape index (κ1) is 10.7. The van der Waals surface area contributed by atoms with Gasteiger partial charge in [0.1, 0.15) is 5.02 Å². The van der Waals surface area contributed by atoms with Crippen LogP contribution >= 0.6 is 11.6 Å². The quantitative estimate of drug-likeness (QED) is 0.816. The van der Waals surface area contributed by atoms with Crippen molar-refractivity contribution in [3.05, 3.63) is 61.6 Å². The molecule has 4 nitrogen and oxygen atoms in total. The summed E-state index contributed by atoms with van der Waals surface area (Å²) >= 11 is 5.54. The summed E-state index contributed by atoms with van der Waals surface area (Å²) in [5.41, 5.74) is 0.827. The fourth-order valence-electron chi connectivity index (χ4n) is 1.33. The second-order valence-corrected chi connectivity index (χ2v) is 3.85. The van der Waals surface area contributed by atoms with Gasteiger partial charge in [0.15, 0.2) is 0 Å². The Hall–Kier alpha value is -1.81. The largest absolute Gasteiger partial charge is 0.281 e. The second kappa shape index (κ2) is 3.98. The SMILES string of the molecule is Cc1ccc(-n2[nH]c(=O)c(Cl)cc2=O)cc1. The van der Waals surface area contributed by atoms with E-state index in [9.17, 15) is 9.59 Å². The molecule has 1 aromatic heterocycles. The van der Waals surface area contributed by atoms with Crippen LogP contribution in [0.15, 0.2) is 39.9 Å². The minimum Gasteiger partial charge on any atom is -0.267 e. The lowest BCUT2D eigenvalue weighted by Crippen LogP contribution is -2.27. The number of nitrogens with one attached hydrogen (secondary N) is 1. The molecule has 0 unspecified atom stereocenters. The van der Waals surface area contributed by atoms with Crippen molar-refractivity contribution in [1.29, 1.82) is 0 Å². The lowest BCUT2D eigenvalue weighted by Gasteiger charge is -2.05. The summed E-state index contributed by atoms with van der Waals surface area (Å²) in [6, 6.07) is 8.31. The first-order valence-corrected chi connectivity index (χ1v) is 5.04.